The SMILES string of the molecule is O=C(NC1CCCC1Cl)c1ccccc1C(F)(F)F. The lowest BCUT2D eigenvalue weighted by atomic mass is 10.1. The third kappa shape index (κ3) is 3.21. The minimum Gasteiger partial charge on any atom is -0.348 e. The van der Waals surface area contributed by atoms with E-state index in [9.17, 15) is 18.0 Å². The van der Waals surface area contributed by atoms with E-state index in [2.05, 4.69) is 5.32 Å². The molecule has 1 N–H and O–H groups in total. The molecule has 1 aromatic carbocycles. The zero-order valence-electron chi connectivity index (χ0n) is 10.0. The van der Waals surface area contributed by atoms with Crippen LogP contribution in [0.4, 0.5) is 13.2 Å². The van der Waals surface area contributed by atoms with Gasteiger partial charge in [0.2, 0.25) is 0 Å². The van der Waals surface area contributed by atoms with Gasteiger partial charge in [0.1, 0.15) is 0 Å². The van der Waals surface area contributed by atoms with Crippen LogP contribution in [0.1, 0.15) is 35.2 Å². The van der Waals surface area contributed by atoms with Crippen LogP contribution >= 0.6 is 11.6 Å². The molecule has 0 aliphatic heterocycles. The van der Waals surface area contributed by atoms with E-state index in [1.54, 1.807) is 0 Å². The summed E-state index contributed by atoms with van der Waals surface area (Å²) in [4.78, 5) is 11.9. The average Bonchev–Trinajstić information content (AvgIpc) is 2.74. The van der Waals surface area contributed by atoms with Gasteiger partial charge < -0.3 is 5.32 Å². The molecular weight excluding hydrogens is 279 g/mol. The lowest BCUT2D eigenvalue weighted by Gasteiger charge is -2.18. The maximum atomic E-state index is 12.8. The van der Waals surface area contributed by atoms with E-state index < -0.39 is 17.6 Å². The summed E-state index contributed by atoms with van der Waals surface area (Å²) in [5.41, 5.74) is -1.28. The predicted octanol–water partition coefficient (Wildman–Crippen LogP) is 3.60. The van der Waals surface area contributed by atoms with Crippen molar-refractivity contribution < 1.29 is 18.0 Å². The molecule has 1 amide bonds. The van der Waals surface area contributed by atoms with Crippen LogP contribution in [-0.4, -0.2) is 17.3 Å². The van der Waals surface area contributed by atoms with Gasteiger partial charge in [-0.3, -0.25) is 4.79 Å². The standard InChI is InChI=1S/C13H13ClF3NO/c14-10-6-3-7-11(10)18-12(19)8-4-1-2-5-9(8)13(15,16)17/h1-2,4-5,10-11H,3,6-7H2,(H,18,19). The van der Waals surface area contributed by atoms with Crippen molar-refractivity contribution in [3.63, 3.8) is 0 Å². The third-order valence-corrected chi connectivity index (χ3v) is 3.75. The summed E-state index contributed by atoms with van der Waals surface area (Å²) in [5, 5.41) is 2.38. The number of carbonyl (C=O) groups excluding carboxylic acids is 1. The van der Waals surface area contributed by atoms with E-state index in [1.807, 2.05) is 0 Å². The van der Waals surface area contributed by atoms with Crippen molar-refractivity contribution in [2.45, 2.75) is 36.9 Å². The zero-order valence-corrected chi connectivity index (χ0v) is 10.8. The lowest BCUT2D eigenvalue weighted by molar-refractivity contribution is -0.137. The van der Waals surface area contributed by atoms with Gasteiger partial charge in [0.25, 0.3) is 5.91 Å². The van der Waals surface area contributed by atoms with Gasteiger partial charge in [0.05, 0.1) is 16.5 Å². The third-order valence-electron chi connectivity index (χ3n) is 3.23. The number of nitrogens with one attached hydrogen (secondary N) is 1. The Balaban J connectivity index is 2.20. The molecule has 1 aliphatic rings. The Kier molecular flexibility index (Phi) is 4.04. The number of amides is 1. The first-order valence-electron chi connectivity index (χ1n) is 6.01. The van der Waals surface area contributed by atoms with Gasteiger partial charge in [-0.05, 0) is 31.4 Å². The molecule has 104 valence electrons. The van der Waals surface area contributed by atoms with Crippen LogP contribution in [0.2, 0.25) is 0 Å². The van der Waals surface area contributed by atoms with Crippen LogP contribution in [0.15, 0.2) is 24.3 Å². The highest BCUT2D eigenvalue weighted by Gasteiger charge is 2.36. The average molecular weight is 292 g/mol. The number of rotatable bonds is 2. The fourth-order valence-corrected chi connectivity index (χ4v) is 2.60. The number of halogens is 4. The van der Waals surface area contributed by atoms with E-state index >= 15 is 0 Å². The Morgan fingerprint density at radius 1 is 1.26 bits per heavy atom. The van der Waals surface area contributed by atoms with Crippen molar-refractivity contribution >= 4 is 17.5 Å². The molecule has 0 aromatic heterocycles. The maximum Gasteiger partial charge on any atom is 0.417 e. The number of hydrogen-bond donors (Lipinski definition) is 1. The van der Waals surface area contributed by atoms with Crippen LogP contribution in [0.3, 0.4) is 0 Å². The summed E-state index contributed by atoms with van der Waals surface area (Å²) >= 11 is 6.00. The van der Waals surface area contributed by atoms with Crippen molar-refractivity contribution in [2.24, 2.45) is 0 Å². The van der Waals surface area contributed by atoms with Gasteiger partial charge in [-0.15, -0.1) is 11.6 Å². The monoisotopic (exact) mass is 291 g/mol. The fraction of sp³-hybridized carbons (Fsp3) is 0.462. The van der Waals surface area contributed by atoms with Crippen LogP contribution < -0.4 is 5.32 Å². The summed E-state index contributed by atoms with van der Waals surface area (Å²) in [7, 11) is 0. The van der Waals surface area contributed by atoms with Gasteiger partial charge in [-0.2, -0.15) is 13.2 Å². The second-order valence-corrected chi connectivity index (χ2v) is 5.13. The molecule has 1 aromatic rings. The van der Waals surface area contributed by atoms with E-state index in [4.69, 9.17) is 11.6 Å². The van der Waals surface area contributed by atoms with Crippen LogP contribution in [-0.2, 0) is 6.18 Å². The Hall–Kier alpha value is -1.23. The molecule has 0 spiro atoms. The Morgan fingerprint density at radius 2 is 1.95 bits per heavy atom. The summed E-state index contributed by atoms with van der Waals surface area (Å²) in [6, 6.07) is 4.50. The first-order chi connectivity index (χ1) is 8.89. The molecule has 19 heavy (non-hydrogen) atoms. The normalized spacial score (nSPS) is 23.4. The molecule has 1 fully saturated rings. The summed E-state index contributed by atoms with van der Waals surface area (Å²) in [6.45, 7) is 0. The zero-order chi connectivity index (χ0) is 14.0. The quantitative estimate of drug-likeness (QED) is 0.829. The minimum absolute atomic E-state index is 0.206. The highest BCUT2D eigenvalue weighted by Crippen LogP contribution is 2.32. The van der Waals surface area contributed by atoms with Gasteiger partial charge in [0, 0.05) is 6.04 Å². The molecule has 0 saturated heterocycles. The Bertz CT molecular complexity index is 475. The topological polar surface area (TPSA) is 29.1 Å². The van der Waals surface area contributed by atoms with Gasteiger partial charge in [0.15, 0.2) is 0 Å². The molecule has 0 heterocycles. The maximum absolute atomic E-state index is 12.8. The molecule has 0 bridgehead atoms. The van der Waals surface area contributed by atoms with Gasteiger partial charge in [-0.1, -0.05) is 12.1 Å². The Morgan fingerprint density at radius 3 is 2.53 bits per heavy atom. The van der Waals surface area contributed by atoms with Crippen molar-refractivity contribution in [3.8, 4) is 0 Å². The van der Waals surface area contributed by atoms with Crippen molar-refractivity contribution in [3.05, 3.63) is 35.4 Å². The summed E-state index contributed by atoms with van der Waals surface area (Å²) in [5.74, 6) is -0.717. The second kappa shape index (κ2) is 5.41. The van der Waals surface area contributed by atoms with Crippen molar-refractivity contribution in [2.75, 3.05) is 0 Å². The molecule has 1 aliphatic carbocycles. The minimum atomic E-state index is -4.54. The highest BCUT2D eigenvalue weighted by atomic mass is 35.5. The molecule has 6 heteroatoms. The Labute approximate surface area is 113 Å². The molecule has 2 atom stereocenters. The van der Waals surface area contributed by atoms with Gasteiger partial charge >= 0.3 is 6.18 Å². The summed E-state index contributed by atoms with van der Waals surface area (Å²) in [6.07, 6.45) is -2.19. The summed E-state index contributed by atoms with van der Waals surface area (Å²) < 4.78 is 38.4. The molecule has 1 saturated carbocycles. The number of carbonyl (C=O) groups is 1. The van der Waals surface area contributed by atoms with E-state index in [0.717, 1.165) is 18.9 Å². The van der Waals surface area contributed by atoms with E-state index in [0.29, 0.717) is 6.42 Å². The largest absolute Gasteiger partial charge is 0.417 e. The molecule has 2 rings (SSSR count). The smallest absolute Gasteiger partial charge is 0.348 e. The first kappa shape index (κ1) is 14.2. The number of alkyl halides is 4. The van der Waals surface area contributed by atoms with Crippen LogP contribution in [0.25, 0.3) is 0 Å². The highest BCUT2D eigenvalue weighted by molar-refractivity contribution is 6.21. The van der Waals surface area contributed by atoms with E-state index in [-0.39, 0.29) is 17.0 Å². The van der Waals surface area contributed by atoms with Crippen LogP contribution in [0, 0.1) is 0 Å². The molecule has 2 nitrogen and oxygen atoms in total. The lowest BCUT2D eigenvalue weighted by Crippen LogP contribution is -2.38. The number of hydrogen-bond acceptors (Lipinski definition) is 1. The molecule has 2 unspecified atom stereocenters. The first-order valence-corrected chi connectivity index (χ1v) is 6.44. The van der Waals surface area contributed by atoms with E-state index in [1.165, 1.54) is 18.2 Å². The van der Waals surface area contributed by atoms with Gasteiger partial charge in [-0.25, -0.2) is 0 Å². The molecule has 0 radical (unpaired) electrons. The predicted molar refractivity (Wildman–Crippen MR) is 66.2 cm³/mol. The van der Waals surface area contributed by atoms with Crippen LogP contribution in [0.5, 0.6) is 0 Å². The van der Waals surface area contributed by atoms with Crippen molar-refractivity contribution in [1.82, 2.24) is 5.32 Å². The number of benzene rings is 1. The molecular formula is C13H13ClF3NO. The fourth-order valence-electron chi connectivity index (χ4n) is 2.25. The van der Waals surface area contributed by atoms with Crippen molar-refractivity contribution in [1.29, 1.82) is 0 Å². The second-order valence-electron chi connectivity index (χ2n) is 4.57.